The minimum atomic E-state index is 0.167. The van der Waals surface area contributed by atoms with Gasteiger partial charge in [-0.3, -0.25) is 0 Å². The van der Waals surface area contributed by atoms with E-state index in [0.29, 0.717) is 0 Å². The molecule has 1 rings (SSSR count). The second-order valence-electron chi connectivity index (χ2n) is 5.14. The highest BCUT2D eigenvalue weighted by molar-refractivity contribution is 7.98. The van der Waals surface area contributed by atoms with E-state index in [4.69, 9.17) is 4.74 Å². The molecule has 0 aliphatic rings. The van der Waals surface area contributed by atoms with Gasteiger partial charge in [0.05, 0.1) is 0 Å². The van der Waals surface area contributed by atoms with Crippen molar-refractivity contribution in [3.05, 3.63) is 6.07 Å². The Morgan fingerprint density at radius 2 is 2.00 bits per heavy atom. The molecule has 1 aromatic heterocycles. The van der Waals surface area contributed by atoms with Gasteiger partial charge < -0.3 is 15.4 Å². The third-order valence-electron chi connectivity index (χ3n) is 2.88. The smallest absolute Gasteiger partial charge is 0.191 e. The number of methoxy groups -OCH3 is 1. The molecule has 0 amide bonds. The van der Waals surface area contributed by atoms with Crippen LogP contribution in [0.2, 0.25) is 0 Å². The van der Waals surface area contributed by atoms with Crippen LogP contribution in [0.5, 0.6) is 0 Å². The number of anilines is 2. The van der Waals surface area contributed by atoms with Gasteiger partial charge in [0.1, 0.15) is 11.6 Å². The average molecular weight is 284 g/mol. The van der Waals surface area contributed by atoms with E-state index in [-0.39, 0.29) is 5.41 Å². The predicted octanol–water partition coefficient (Wildman–Crippen LogP) is 2.71. The molecule has 0 fully saturated rings. The van der Waals surface area contributed by atoms with Crippen LogP contribution in [0.25, 0.3) is 0 Å². The molecule has 0 bridgehead atoms. The summed E-state index contributed by atoms with van der Waals surface area (Å²) in [7, 11) is 3.59. The number of hydrogen-bond donors (Lipinski definition) is 2. The first-order valence-electron chi connectivity index (χ1n) is 6.34. The monoisotopic (exact) mass is 284 g/mol. The molecule has 2 N–H and O–H groups in total. The zero-order valence-electron chi connectivity index (χ0n) is 12.4. The fraction of sp³-hybridized carbons (Fsp3) is 0.692. The van der Waals surface area contributed by atoms with E-state index < -0.39 is 0 Å². The lowest BCUT2D eigenvalue weighted by Gasteiger charge is -2.25. The normalized spacial score (nSPS) is 11.4. The molecule has 108 valence electrons. The molecule has 0 aliphatic carbocycles. The maximum absolute atomic E-state index is 5.14. The van der Waals surface area contributed by atoms with E-state index >= 15 is 0 Å². The first-order chi connectivity index (χ1) is 9.00. The van der Waals surface area contributed by atoms with Crippen molar-refractivity contribution >= 4 is 23.4 Å². The zero-order valence-corrected chi connectivity index (χ0v) is 13.2. The summed E-state index contributed by atoms with van der Waals surface area (Å²) in [5, 5.41) is 7.20. The van der Waals surface area contributed by atoms with Gasteiger partial charge in [0.15, 0.2) is 5.16 Å². The van der Waals surface area contributed by atoms with Gasteiger partial charge in [-0.25, -0.2) is 9.97 Å². The first kappa shape index (κ1) is 16.0. The van der Waals surface area contributed by atoms with Crippen molar-refractivity contribution < 1.29 is 4.74 Å². The minimum absolute atomic E-state index is 0.167. The second kappa shape index (κ2) is 7.55. The molecule has 0 aliphatic heterocycles. The SMILES string of the molecule is CNc1cc(NCC(C)(C)CCOC)nc(SC)n1. The van der Waals surface area contributed by atoms with Crippen LogP contribution >= 0.6 is 11.8 Å². The summed E-state index contributed by atoms with van der Waals surface area (Å²) in [6.07, 6.45) is 2.98. The molecule has 0 unspecified atom stereocenters. The van der Waals surface area contributed by atoms with Gasteiger partial charge in [-0.05, 0) is 18.1 Å². The number of nitrogens with zero attached hydrogens (tertiary/aromatic N) is 2. The Morgan fingerprint density at radius 1 is 1.32 bits per heavy atom. The largest absolute Gasteiger partial charge is 0.385 e. The minimum Gasteiger partial charge on any atom is -0.385 e. The Balaban J connectivity index is 2.66. The molecule has 6 heteroatoms. The summed E-state index contributed by atoms with van der Waals surface area (Å²) in [6.45, 7) is 6.06. The highest BCUT2D eigenvalue weighted by Gasteiger charge is 2.17. The number of ether oxygens (including phenoxy) is 1. The van der Waals surface area contributed by atoms with Crippen LogP contribution in [0.15, 0.2) is 11.2 Å². The van der Waals surface area contributed by atoms with E-state index in [2.05, 4.69) is 34.4 Å². The van der Waals surface area contributed by atoms with Crippen molar-refractivity contribution in [2.75, 3.05) is 44.2 Å². The van der Waals surface area contributed by atoms with Crippen LogP contribution in [-0.2, 0) is 4.74 Å². The predicted molar refractivity (Wildman–Crippen MR) is 82.1 cm³/mol. The molecule has 5 nitrogen and oxygen atoms in total. The van der Waals surface area contributed by atoms with E-state index in [1.807, 2.05) is 19.4 Å². The quantitative estimate of drug-likeness (QED) is 0.565. The van der Waals surface area contributed by atoms with Gasteiger partial charge in [0.25, 0.3) is 0 Å². The molecule has 1 aromatic rings. The average Bonchev–Trinajstić information content (AvgIpc) is 2.42. The highest BCUT2D eigenvalue weighted by Crippen LogP contribution is 2.22. The fourth-order valence-corrected chi connectivity index (χ4v) is 1.91. The molecule has 1 heterocycles. The van der Waals surface area contributed by atoms with Crippen LogP contribution in [-0.4, -0.2) is 43.5 Å². The molecule has 0 saturated heterocycles. The summed E-state index contributed by atoms with van der Waals surface area (Å²) in [5.74, 6) is 1.69. The molecule has 0 aromatic carbocycles. The maximum atomic E-state index is 5.14. The molecule has 0 spiro atoms. The van der Waals surface area contributed by atoms with Crippen molar-refractivity contribution in [3.63, 3.8) is 0 Å². The summed E-state index contributed by atoms with van der Waals surface area (Å²) in [6, 6.07) is 1.92. The van der Waals surface area contributed by atoms with Gasteiger partial charge in [-0.15, -0.1) is 0 Å². The van der Waals surface area contributed by atoms with E-state index in [1.165, 1.54) is 11.8 Å². The lowest BCUT2D eigenvalue weighted by molar-refractivity contribution is 0.157. The highest BCUT2D eigenvalue weighted by atomic mass is 32.2. The lowest BCUT2D eigenvalue weighted by atomic mass is 9.90. The van der Waals surface area contributed by atoms with E-state index in [9.17, 15) is 0 Å². The van der Waals surface area contributed by atoms with Gasteiger partial charge >= 0.3 is 0 Å². The topological polar surface area (TPSA) is 59.1 Å². The second-order valence-corrected chi connectivity index (χ2v) is 5.91. The number of thioether (sulfide) groups is 1. The summed E-state index contributed by atoms with van der Waals surface area (Å²) >= 11 is 1.54. The number of nitrogens with one attached hydrogen (secondary N) is 2. The van der Waals surface area contributed by atoms with Crippen LogP contribution in [0.3, 0.4) is 0 Å². The van der Waals surface area contributed by atoms with Crippen molar-refractivity contribution in [2.45, 2.75) is 25.4 Å². The van der Waals surface area contributed by atoms with E-state index in [0.717, 1.165) is 36.4 Å². The number of hydrogen-bond acceptors (Lipinski definition) is 6. The molecular formula is C13H24N4OS. The standard InChI is InChI=1S/C13H24N4OS/c1-13(2,6-7-18-4)9-15-11-8-10(14-3)16-12(17-11)19-5/h8H,6-7,9H2,1-5H3,(H2,14,15,16,17). The van der Waals surface area contributed by atoms with Gasteiger partial charge in [-0.1, -0.05) is 25.6 Å². The van der Waals surface area contributed by atoms with E-state index in [1.54, 1.807) is 7.11 Å². The van der Waals surface area contributed by atoms with Gasteiger partial charge in [0.2, 0.25) is 0 Å². The first-order valence-corrected chi connectivity index (χ1v) is 7.57. The Bertz CT molecular complexity index is 376. The van der Waals surface area contributed by atoms with Crippen LogP contribution < -0.4 is 10.6 Å². The maximum Gasteiger partial charge on any atom is 0.191 e. The Kier molecular flexibility index (Phi) is 6.37. The Hall–Kier alpha value is -1.01. The molecule has 0 saturated carbocycles. The zero-order chi connectivity index (χ0) is 14.3. The molecule has 0 radical (unpaired) electrons. The summed E-state index contributed by atoms with van der Waals surface area (Å²) in [5.41, 5.74) is 0.167. The van der Waals surface area contributed by atoms with Crippen molar-refractivity contribution in [1.82, 2.24) is 9.97 Å². The van der Waals surface area contributed by atoms with Crippen LogP contribution in [0, 0.1) is 5.41 Å². The lowest BCUT2D eigenvalue weighted by Crippen LogP contribution is -2.25. The van der Waals surface area contributed by atoms with Gasteiger partial charge in [-0.2, -0.15) is 0 Å². The molecular weight excluding hydrogens is 260 g/mol. The van der Waals surface area contributed by atoms with Crippen molar-refractivity contribution in [1.29, 1.82) is 0 Å². The summed E-state index contributed by atoms with van der Waals surface area (Å²) < 4.78 is 5.14. The summed E-state index contributed by atoms with van der Waals surface area (Å²) in [4.78, 5) is 8.80. The third kappa shape index (κ3) is 5.65. The fourth-order valence-electron chi connectivity index (χ4n) is 1.53. The number of rotatable bonds is 8. The van der Waals surface area contributed by atoms with Crippen molar-refractivity contribution in [3.8, 4) is 0 Å². The van der Waals surface area contributed by atoms with Crippen LogP contribution in [0.4, 0.5) is 11.6 Å². The Morgan fingerprint density at radius 3 is 2.58 bits per heavy atom. The van der Waals surface area contributed by atoms with Crippen LogP contribution in [0.1, 0.15) is 20.3 Å². The Labute approximate surface area is 119 Å². The number of aromatic nitrogens is 2. The van der Waals surface area contributed by atoms with Crippen molar-refractivity contribution in [2.24, 2.45) is 5.41 Å². The molecule has 0 atom stereocenters. The van der Waals surface area contributed by atoms with Gasteiger partial charge in [0, 0.05) is 33.4 Å². The third-order valence-corrected chi connectivity index (χ3v) is 3.42. The molecule has 19 heavy (non-hydrogen) atoms.